The van der Waals surface area contributed by atoms with Crippen LogP contribution >= 0.6 is 35.0 Å². The molecule has 0 aliphatic heterocycles. The second-order valence-electron chi connectivity index (χ2n) is 5.14. The minimum atomic E-state index is -0.887. The third-order valence-electron chi connectivity index (χ3n) is 3.33. The van der Waals surface area contributed by atoms with Crippen molar-refractivity contribution in [2.75, 3.05) is 25.7 Å². The largest absolute Gasteiger partial charge is 0.468 e. The van der Waals surface area contributed by atoms with Gasteiger partial charge in [0.25, 0.3) is 5.91 Å². The number of ether oxygens (including phenoxy) is 2. The Morgan fingerprint density at radius 1 is 1.15 bits per heavy atom. The molecule has 144 valence electrons. The fourth-order valence-corrected chi connectivity index (χ4v) is 3.50. The molecular formula is C16H20Cl2N2O5S. The van der Waals surface area contributed by atoms with E-state index in [4.69, 9.17) is 33.7 Å². The summed E-state index contributed by atoms with van der Waals surface area (Å²) in [5.74, 6) is -0.901. The van der Waals surface area contributed by atoms with Gasteiger partial charge < -0.3 is 20.5 Å². The fraction of sp³-hybridized carbons (Fsp3) is 0.438. The Balaban J connectivity index is 2.66. The highest BCUT2D eigenvalue weighted by Gasteiger charge is 2.24. The lowest BCUT2D eigenvalue weighted by atomic mass is 10.1. The van der Waals surface area contributed by atoms with E-state index in [2.05, 4.69) is 10.1 Å². The molecule has 7 nitrogen and oxygen atoms in total. The fourth-order valence-electron chi connectivity index (χ4n) is 1.97. The molecule has 2 atom stereocenters. The van der Waals surface area contributed by atoms with Gasteiger partial charge >= 0.3 is 11.9 Å². The van der Waals surface area contributed by atoms with E-state index < -0.39 is 29.9 Å². The first-order valence-corrected chi connectivity index (χ1v) is 9.46. The maximum absolute atomic E-state index is 12.4. The van der Waals surface area contributed by atoms with Crippen LogP contribution in [0.15, 0.2) is 18.2 Å². The second kappa shape index (κ2) is 11.3. The van der Waals surface area contributed by atoms with E-state index in [1.165, 1.54) is 38.1 Å². The molecule has 0 aliphatic rings. The molecule has 1 amide bonds. The standard InChI is InChI=1S/C16H20Cl2N2O5S/c1-24-15(22)11(19)8-26-7-6-12(16(23)25-2)20-14(21)13-9(17)4-3-5-10(13)18/h3-5,11-12H,6-8,19H2,1-2H3,(H,20,21)/t11-,12+/m1/s1. The lowest BCUT2D eigenvalue weighted by molar-refractivity contribution is -0.143. The zero-order valence-electron chi connectivity index (χ0n) is 14.3. The number of halogens is 2. The number of hydrogen-bond donors (Lipinski definition) is 2. The summed E-state index contributed by atoms with van der Waals surface area (Å²) in [4.78, 5) is 35.6. The number of benzene rings is 1. The Morgan fingerprint density at radius 2 is 1.73 bits per heavy atom. The van der Waals surface area contributed by atoms with E-state index >= 15 is 0 Å². The molecule has 0 saturated heterocycles. The molecule has 0 spiro atoms. The molecule has 1 rings (SSSR count). The summed E-state index contributed by atoms with van der Waals surface area (Å²) >= 11 is 13.4. The van der Waals surface area contributed by atoms with Crippen molar-refractivity contribution in [3.05, 3.63) is 33.8 Å². The van der Waals surface area contributed by atoms with Crippen molar-refractivity contribution >= 4 is 52.8 Å². The first kappa shape index (κ1) is 22.6. The van der Waals surface area contributed by atoms with Gasteiger partial charge in [0.2, 0.25) is 0 Å². The van der Waals surface area contributed by atoms with E-state index in [-0.39, 0.29) is 22.0 Å². The summed E-state index contributed by atoms with van der Waals surface area (Å²) in [6, 6.07) is 3.03. The number of hydrogen-bond acceptors (Lipinski definition) is 7. The summed E-state index contributed by atoms with van der Waals surface area (Å²) < 4.78 is 9.25. The van der Waals surface area contributed by atoms with Crippen molar-refractivity contribution in [1.29, 1.82) is 0 Å². The molecule has 0 aromatic heterocycles. The maximum atomic E-state index is 12.4. The number of carbonyl (C=O) groups is 3. The van der Waals surface area contributed by atoms with Crippen molar-refractivity contribution in [3.63, 3.8) is 0 Å². The quantitative estimate of drug-likeness (QED) is 0.461. The van der Waals surface area contributed by atoms with Crippen LogP contribution in [0.2, 0.25) is 10.0 Å². The molecule has 0 fully saturated rings. The van der Waals surface area contributed by atoms with Gasteiger partial charge in [-0.1, -0.05) is 29.3 Å². The van der Waals surface area contributed by atoms with Crippen LogP contribution in [-0.2, 0) is 19.1 Å². The van der Waals surface area contributed by atoms with Gasteiger partial charge in [-0.25, -0.2) is 4.79 Å². The average molecular weight is 423 g/mol. The SMILES string of the molecule is COC(=O)[C@H](N)CSCC[C@H](NC(=O)c1c(Cl)cccc1Cl)C(=O)OC. The summed E-state index contributed by atoms with van der Waals surface area (Å²) in [6.07, 6.45) is 0.277. The third kappa shape index (κ3) is 6.68. The number of esters is 2. The molecule has 0 radical (unpaired) electrons. The molecule has 0 heterocycles. The van der Waals surface area contributed by atoms with E-state index in [1.807, 2.05) is 0 Å². The van der Waals surface area contributed by atoms with Crippen LogP contribution in [0.5, 0.6) is 0 Å². The Hall–Kier alpha value is -1.48. The highest BCUT2D eigenvalue weighted by molar-refractivity contribution is 7.99. The van der Waals surface area contributed by atoms with Crippen molar-refractivity contribution in [2.45, 2.75) is 18.5 Å². The lowest BCUT2D eigenvalue weighted by Gasteiger charge is -2.17. The number of amides is 1. The van der Waals surface area contributed by atoms with Gasteiger partial charge in [0.15, 0.2) is 0 Å². The number of nitrogens with two attached hydrogens (primary N) is 1. The predicted molar refractivity (Wildman–Crippen MR) is 102 cm³/mol. The highest BCUT2D eigenvalue weighted by Crippen LogP contribution is 2.24. The number of nitrogens with one attached hydrogen (secondary N) is 1. The van der Waals surface area contributed by atoms with E-state index in [9.17, 15) is 14.4 Å². The topological polar surface area (TPSA) is 108 Å². The summed E-state index contributed by atoms with van der Waals surface area (Å²) in [7, 11) is 2.49. The first-order chi connectivity index (χ1) is 12.3. The van der Waals surface area contributed by atoms with Gasteiger partial charge in [-0.15, -0.1) is 0 Å². The smallest absolute Gasteiger partial charge is 0.328 e. The van der Waals surface area contributed by atoms with Crippen LogP contribution < -0.4 is 11.1 Å². The normalized spacial score (nSPS) is 12.8. The molecule has 10 heteroatoms. The van der Waals surface area contributed by atoms with Crippen molar-refractivity contribution in [3.8, 4) is 0 Å². The third-order valence-corrected chi connectivity index (χ3v) is 5.08. The predicted octanol–water partition coefficient (Wildman–Crippen LogP) is 1.89. The molecule has 0 bridgehead atoms. The molecule has 3 N–H and O–H groups in total. The molecular weight excluding hydrogens is 403 g/mol. The van der Waals surface area contributed by atoms with Crippen LogP contribution in [0.1, 0.15) is 16.8 Å². The van der Waals surface area contributed by atoms with E-state index in [0.29, 0.717) is 11.5 Å². The Bertz CT molecular complexity index is 639. The van der Waals surface area contributed by atoms with Gasteiger partial charge in [0.05, 0.1) is 29.8 Å². The zero-order chi connectivity index (χ0) is 19.7. The number of carbonyl (C=O) groups excluding carboxylic acids is 3. The average Bonchev–Trinajstić information content (AvgIpc) is 2.62. The van der Waals surface area contributed by atoms with Crippen LogP contribution in [-0.4, -0.2) is 55.7 Å². The summed E-state index contributed by atoms with van der Waals surface area (Å²) in [5.41, 5.74) is 5.72. The number of thioether (sulfide) groups is 1. The van der Waals surface area contributed by atoms with Crippen LogP contribution in [0.3, 0.4) is 0 Å². The highest BCUT2D eigenvalue weighted by atomic mass is 35.5. The van der Waals surface area contributed by atoms with Crippen LogP contribution in [0, 0.1) is 0 Å². The Labute approximate surface area is 165 Å². The minimum absolute atomic E-state index is 0.0881. The van der Waals surface area contributed by atoms with Gasteiger partial charge in [0.1, 0.15) is 12.1 Å². The monoisotopic (exact) mass is 422 g/mol. The molecule has 0 unspecified atom stereocenters. The van der Waals surface area contributed by atoms with Gasteiger partial charge in [-0.05, 0) is 24.3 Å². The molecule has 26 heavy (non-hydrogen) atoms. The van der Waals surface area contributed by atoms with Crippen molar-refractivity contribution < 1.29 is 23.9 Å². The molecule has 0 aliphatic carbocycles. The van der Waals surface area contributed by atoms with Crippen LogP contribution in [0.4, 0.5) is 0 Å². The van der Waals surface area contributed by atoms with Crippen molar-refractivity contribution in [1.82, 2.24) is 5.32 Å². The van der Waals surface area contributed by atoms with Crippen molar-refractivity contribution in [2.24, 2.45) is 5.73 Å². The summed E-state index contributed by atoms with van der Waals surface area (Å²) in [6.45, 7) is 0. The molecule has 0 saturated carbocycles. The second-order valence-corrected chi connectivity index (χ2v) is 7.10. The zero-order valence-corrected chi connectivity index (χ0v) is 16.6. The van der Waals surface area contributed by atoms with Gasteiger partial charge in [-0.2, -0.15) is 11.8 Å². The van der Waals surface area contributed by atoms with E-state index in [0.717, 1.165) is 0 Å². The minimum Gasteiger partial charge on any atom is -0.468 e. The Kier molecular flexibility index (Phi) is 9.79. The maximum Gasteiger partial charge on any atom is 0.328 e. The lowest BCUT2D eigenvalue weighted by Crippen LogP contribution is -2.42. The van der Waals surface area contributed by atoms with Gasteiger partial charge in [-0.3, -0.25) is 9.59 Å². The Morgan fingerprint density at radius 3 is 2.27 bits per heavy atom. The van der Waals surface area contributed by atoms with Crippen LogP contribution in [0.25, 0.3) is 0 Å². The summed E-state index contributed by atoms with van der Waals surface area (Å²) in [5, 5.41) is 2.92. The van der Waals surface area contributed by atoms with Gasteiger partial charge in [0, 0.05) is 5.75 Å². The molecule has 1 aromatic rings. The number of rotatable bonds is 9. The number of methoxy groups -OCH3 is 2. The van der Waals surface area contributed by atoms with E-state index in [1.54, 1.807) is 6.07 Å². The molecule has 1 aromatic carbocycles. The first-order valence-electron chi connectivity index (χ1n) is 7.55.